The number of carboxylic acid groups (broad SMARTS) is 1. The van der Waals surface area contributed by atoms with Crippen LogP contribution in [-0.2, 0) is 11.2 Å². The fourth-order valence-electron chi connectivity index (χ4n) is 3.51. The highest BCUT2D eigenvalue weighted by atomic mass is 16.4. The van der Waals surface area contributed by atoms with Crippen molar-refractivity contribution >= 4 is 5.97 Å². The van der Waals surface area contributed by atoms with Crippen LogP contribution < -0.4 is 0 Å². The zero-order valence-corrected chi connectivity index (χ0v) is 12.8. The minimum absolute atomic E-state index is 0.423. The van der Waals surface area contributed by atoms with Crippen LogP contribution in [0.5, 0.6) is 0 Å². The van der Waals surface area contributed by atoms with Crippen LogP contribution in [0.3, 0.4) is 0 Å². The van der Waals surface area contributed by atoms with Crippen molar-refractivity contribution in [1.29, 1.82) is 0 Å². The fourth-order valence-corrected chi connectivity index (χ4v) is 3.51. The number of hydrogen-bond acceptors (Lipinski definition) is 2. The van der Waals surface area contributed by atoms with Crippen LogP contribution in [0.1, 0.15) is 64.6 Å². The number of carbonyl (C=O) groups is 1. The zero-order chi connectivity index (χ0) is 14.8. The molecule has 2 rings (SSSR count). The second-order valence-corrected chi connectivity index (χ2v) is 6.37. The average molecular weight is 278 g/mol. The van der Waals surface area contributed by atoms with E-state index in [4.69, 9.17) is 0 Å². The Bertz CT molecular complexity index is 465. The Morgan fingerprint density at radius 3 is 2.75 bits per heavy atom. The predicted octanol–water partition coefficient (Wildman–Crippen LogP) is 3.68. The lowest BCUT2D eigenvalue weighted by Gasteiger charge is -2.23. The molecule has 2 atom stereocenters. The Hall–Kier alpha value is -1.32. The van der Waals surface area contributed by atoms with E-state index in [-0.39, 0.29) is 0 Å². The number of aliphatic carboxylic acids is 1. The molecule has 2 unspecified atom stereocenters. The first kappa shape index (κ1) is 15.1. The van der Waals surface area contributed by atoms with Crippen molar-refractivity contribution in [2.24, 2.45) is 11.3 Å². The molecule has 20 heavy (non-hydrogen) atoms. The second kappa shape index (κ2) is 5.98. The summed E-state index contributed by atoms with van der Waals surface area (Å²) in [4.78, 5) is 11.7. The molecule has 0 aliphatic heterocycles. The van der Waals surface area contributed by atoms with Gasteiger partial charge in [-0.1, -0.05) is 20.8 Å². The van der Waals surface area contributed by atoms with Crippen LogP contribution >= 0.6 is 0 Å². The third kappa shape index (κ3) is 2.89. The van der Waals surface area contributed by atoms with Crippen LogP contribution in [0.4, 0.5) is 0 Å². The van der Waals surface area contributed by atoms with Gasteiger partial charge in [0.1, 0.15) is 0 Å². The monoisotopic (exact) mass is 278 g/mol. The normalized spacial score (nSPS) is 26.3. The van der Waals surface area contributed by atoms with Crippen molar-refractivity contribution in [3.63, 3.8) is 0 Å². The maximum atomic E-state index is 11.7. The molecule has 1 aromatic rings. The van der Waals surface area contributed by atoms with E-state index in [0.29, 0.717) is 18.4 Å². The smallest absolute Gasteiger partial charge is 0.310 e. The number of rotatable bonds is 6. The molecule has 0 aromatic carbocycles. The summed E-state index contributed by atoms with van der Waals surface area (Å²) in [6, 6.07) is 2.42. The molecular weight excluding hydrogens is 252 g/mol. The third-order valence-electron chi connectivity index (χ3n) is 4.81. The molecule has 1 aliphatic rings. The van der Waals surface area contributed by atoms with Crippen molar-refractivity contribution in [1.82, 2.24) is 9.78 Å². The van der Waals surface area contributed by atoms with Gasteiger partial charge in [-0.25, -0.2) is 0 Å². The van der Waals surface area contributed by atoms with E-state index in [0.717, 1.165) is 37.8 Å². The summed E-state index contributed by atoms with van der Waals surface area (Å²) < 4.78 is 2.00. The first-order valence-corrected chi connectivity index (χ1v) is 7.78. The quantitative estimate of drug-likeness (QED) is 0.863. The molecular formula is C16H26N2O2. The molecule has 4 heteroatoms. The SMILES string of the molecule is CCC(CC)n1ccc(CC2(C(=O)O)CCC(C)C2)n1. The highest BCUT2D eigenvalue weighted by molar-refractivity contribution is 5.75. The lowest BCUT2D eigenvalue weighted by Crippen LogP contribution is -2.31. The largest absolute Gasteiger partial charge is 0.481 e. The fraction of sp³-hybridized carbons (Fsp3) is 0.750. The Labute approximate surface area is 121 Å². The first-order valence-electron chi connectivity index (χ1n) is 7.78. The highest BCUT2D eigenvalue weighted by Gasteiger charge is 2.44. The summed E-state index contributed by atoms with van der Waals surface area (Å²) in [5.74, 6) is -0.147. The summed E-state index contributed by atoms with van der Waals surface area (Å²) in [7, 11) is 0. The Morgan fingerprint density at radius 1 is 1.55 bits per heavy atom. The molecule has 4 nitrogen and oxygen atoms in total. The van der Waals surface area contributed by atoms with Crippen molar-refractivity contribution in [3.8, 4) is 0 Å². The standard InChI is InChI=1S/C16H26N2O2/c1-4-14(5-2)18-9-7-13(17-18)11-16(15(19)20)8-6-12(3)10-16/h7,9,12,14H,4-6,8,10-11H2,1-3H3,(H,19,20). The van der Waals surface area contributed by atoms with Crippen molar-refractivity contribution < 1.29 is 9.90 Å². The zero-order valence-electron chi connectivity index (χ0n) is 12.8. The Morgan fingerprint density at radius 2 is 2.25 bits per heavy atom. The topological polar surface area (TPSA) is 55.1 Å². The molecule has 112 valence electrons. The predicted molar refractivity (Wildman–Crippen MR) is 78.6 cm³/mol. The molecule has 0 bridgehead atoms. The molecule has 1 aromatic heterocycles. The lowest BCUT2D eigenvalue weighted by molar-refractivity contribution is -0.148. The summed E-state index contributed by atoms with van der Waals surface area (Å²) in [6.07, 6.45) is 7.25. The van der Waals surface area contributed by atoms with Gasteiger partial charge in [-0.3, -0.25) is 9.48 Å². The van der Waals surface area contributed by atoms with Gasteiger partial charge in [0, 0.05) is 12.6 Å². The van der Waals surface area contributed by atoms with E-state index in [2.05, 4.69) is 25.9 Å². The second-order valence-electron chi connectivity index (χ2n) is 6.37. The third-order valence-corrected chi connectivity index (χ3v) is 4.81. The van der Waals surface area contributed by atoms with Gasteiger partial charge < -0.3 is 5.11 Å². The number of carboxylic acids is 1. The maximum absolute atomic E-state index is 11.7. The van der Waals surface area contributed by atoms with Gasteiger partial charge in [-0.05, 0) is 44.1 Å². The Kier molecular flexibility index (Phi) is 4.51. The van der Waals surface area contributed by atoms with Crippen LogP contribution in [0.2, 0.25) is 0 Å². The minimum Gasteiger partial charge on any atom is -0.481 e. The number of hydrogen-bond donors (Lipinski definition) is 1. The number of aromatic nitrogens is 2. The highest BCUT2D eigenvalue weighted by Crippen LogP contribution is 2.44. The molecule has 1 heterocycles. The van der Waals surface area contributed by atoms with Crippen LogP contribution in [0.15, 0.2) is 12.3 Å². The van der Waals surface area contributed by atoms with Crippen LogP contribution in [0, 0.1) is 11.3 Å². The molecule has 1 fully saturated rings. The summed E-state index contributed by atoms with van der Waals surface area (Å²) >= 11 is 0. The van der Waals surface area contributed by atoms with Gasteiger partial charge in [-0.2, -0.15) is 5.10 Å². The molecule has 0 amide bonds. The van der Waals surface area contributed by atoms with Crippen LogP contribution in [0.25, 0.3) is 0 Å². The summed E-state index contributed by atoms with van der Waals surface area (Å²) in [5, 5.41) is 14.2. The van der Waals surface area contributed by atoms with Gasteiger partial charge in [0.25, 0.3) is 0 Å². The number of nitrogens with zero attached hydrogens (tertiary/aromatic N) is 2. The molecule has 1 saturated carbocycles. The van der Waals surface area contributed by atoms with Gasteiger partial charge in [0.15, 0.2) is 0 Å². The summed E-state index contributed by atoms with van der Waals surface area (Å²) in [6.45, 7) is 6.47. The summed E-state index contributed by atoms with van der Waals surface area (Å²) in [5.41, 5.74) is 0.334. The first-order chi connectivity index (χ1) is 9.50. The molecule has 0 radical (unpaired) electrons. The van der Waals surface area contributed by atoms with Gasteiger partial charge >= 0.3 is 5.97 Å². The lowest BCUT2D eigenvalue weighted by atomic mass is 9.81. The van der Waals surface area contributed by atoms with E-state index in [1.807, 2.05) is 16.9 Å². The van der Waals surface area contributed by atoms with Gasteiger partial charge in [0.2, 0.25) is 0 Å². The molecule has 0 saturated heterocycles. The van der Waals surface area contributed by atoms with E-state index >= 15 is 0 Å². The van der Waals surface area contributed by atoms with Crippen molar-refractivity contribution in [3.05, 3.63) is 18.0 Å². The molecule has 0 spiro atoms. The minimum atomic E-state index is -0.654. The van der Waals surface area contributed by atoms with E-state index in [1.165, 1.54) is 0 Å². The van der Waals surface area contributed by atoms with Crippen molar-refractivity contribution in [2.75, 3.05) is 0 Å². The van der Waals surface area contributed by atoms with Crippen molar-refractivity contribution in [2.45, 2.75) is 65.3 Å². The van der Waals surface area contributed by atoms with E-state index in [1.54, 1.807) is 0 Å². The van der Waals surface area contributed by atoms with E-state index in [9.17, 15) is 9.90 Å². The van der Waals surface area contributed by atoms with Crippen LogP contribution in [-0.4, -0.2) is 20.9 Å². The van der Waals surface area contributed by atoms with Gasteiger partial charge in [0.05, 0.1) is 17.2 Å². The molecule has 1 aliphatic carbocycles. The Balaban J connectivity index is 2.14. The van der Waals surface area contributed by atoms with E-state index < -0.39 is 11.4 Å². The average Bonchev–Trinajstić information content (AvgIpc) is 3.00. The van der Waals surface area contributed by atoms with Gasteiger partial charge in [-0.15, -0.1) is 0 Å². The maximum Gasteiger partial charge on any atom is 0.310 e. The molecule has 1 N–H and O–H groups in total.